The molecule has 17 heavy (non-hydrogen) atoms. The molecule has 0 aromatic heterocycles. The Morgan fingerprint density at radius 1 is 1.12 bits per heavy atom. The van der Waals surface area contributed by atoms with Crippen LogP contribution in [0, 0.1) is 5.41 Å². The standard InChI is InChI=1S/C12H19NO4/c14-9-5-3-1-2-4-8(9)13-10(15)12(6-7-12)11(16)17/h8-9,14H,1-7H2,(H,13,15)(H,16,17). The van der Waals surface area contributed by atoms with Gasteiger partial charge in [0.2, 0.25) is 5.91 Å². The number of hydrogen-bond acceptors (Lipinski definition) is 3. The van der Waals surface area contributed by atoms with Crippen molar-refractivity contribution < 1.29 is 19.8 Å². The minimum Gasteiger partial charge on any atom is -0.480 e. The maximum Gasteiger partial charge on any atom is 0.319 e. The lowest BCUT2D eigenvalue weighted by atomic mass is 10.0. The van der Waals surface area contributed by atoms with Crippen LogP contribution in [0.3, 0.4) is 0 Å². The fraction of sp³-hybridized carbons (Fsp3) is 0.833. The zero-order valence-electron chi connectivity index (χ0n) is 9.82. The van der Waals surface area contributed by atoms with Crippen molar-refractivity contribution in [3.63, 3.8) is 0 Å². The SMILES string of the molecule is O=C(O)C1(C(=O)NC2CCCCCC2O)CC1. The lowest BCUT2D eigenvalue weighted by Gasteiger charge is -2.23. The molecular formula is C12H19NO4. The van der Waals surface area contributed by atoms with E-state index >= 15 is 0 Å². The normalized spacial score (nSPS) is 31.4. The van der Waals surface area contributed by atoms with Gasteiger partial charge >= 0.3 is 5.97 Å². The molecule has 0 heterocycles. The molecular weight excluding hydrogens is 222 g/mol. The van der Waals surface area contributed by atoms with E-state index < -0.39 is 23.4 Å². The van der Waals surface area contributed by atoms with Crippen LogP contribution >= 0.6 is 0 Å². The Bertz CT molecular complexity index is 324. The van der Waals surface area contributed by atoms with Gasteiger partial charge in [-0.2, -0.15) is 0 Å². The fourth-order valence-electron chi connectivity index (χ4n) is 2.43. The largest absolute Gasteiger partial charge is 0.480 e. The number of aliphatic carboxylic acids is 1. The molecule has 0 bridgehead atoms. The molecule has 5 heteroatoms. The van der Waals surface area contributed by atoms with Crippen LogP contribution in [0.4, 0.5) is 0 Å². The Labute approximate surface area is 100 Å². The number of carboxylic acid groups (broad SMARTS) is 1. The van der Waals surface area contributed by atoms with Crippen LogP contribution in [-0.2, 0) is 9.59 Å². The van der Waals surface area contributed by atoms with Crippen molar-refractivity contribution in [3.8, 4) is 0 Å². The summed E-state index contributed by atoms with van der Waals surface area (Å²) in [4.78, 5) is 22.9. The Morgan fingerprint density at radius 3 is 2.35 bits per heavy atom. The highest BCUT2D eigenvalue weighted by Gasteiger charge is 2.57. The van der Waals surface area contributed by atoms with Crippen molar-refractivity contribution >= 4 is 11.9 Å². The zero-order valence-corrected chi connectivity index (χ0v) is 9.82. The van der Waals surface area contributed by atoms with Crippen LogP contribution in [-0.4, -0.2) is 34.2 Å². The number of rotatable bonds is 3. The maximum absolute atomic E-state index is 11.9. The molecule has 0 aliphatic heterocycles. The average molecular weight is 241 g/mol. The van der Waals surface area contributed by atoms with Crippen molar-refractivity contribution in [2.45, 2.75) is 57.1 Å². The molecule has 1 amide bonds. The summed E-state index contributed by atoms with van der Waals surface area (Å²) < 4.78 is 0. The number of nitrogens with one attached hydrogen (secondary N) is 1. The molecule has 2 rings (SSSR count). The summed E-state index contributed by atoms with van der Waals surface area (Å²) >= 11 is 0. The molecule has 0 aromatic rings. The number of carbonyl (C=O) groups excluding carboxylic acids is 1. The predicted octanol–water partition coefficient (Wildman–Crippen LogP) is 0.661. The predicted molar refractivity (Wildman–Crippen MR) is 60.3 cm³/mol. The molecule has 2 unspecified atom stereocenters. The molecule has 0 aromatic carbocycles. The summed E-state index contributed by atoms with van der Waals surface area (Å²) in [5.74, 6) is -1.46. The van der Waals surface area contributed by atoms with Crippen LogP contribution in [0.25, 0.3) is 0 Å². The number of aliphatic hydroxyl groups is 1. The molecule has 0 spiro atoms. The second-order valence-corrected chi connectivity index (χ2v) is 5.17. The summed E-state index contributed by atoms with van der Waals surface area (Å²) in [6.45, 7) is 0. The number of hydrogen-bond donors (Lipinski definition) is 3. The molecule has 2 aliphatic rings. The summed E-state index contributed by atoms with van der Waals surface area (Å²) in [5.41, 5.74) is -1.20. The fourth-order valence-corrected chi connectivity index (χ4v) is 2.43. The third kappa shape index (κ3) is 2.44. The van der Waals surface area contributed by atoms with Crippen LogP contribution in [0.15, 0.2) is 0 Å². The molecule has 0 radical (unpaired) electrons. The van der Waals surface area contributed by atoms with E-state index in [0.717, 1.165) is 25.7 Å². The monoisotopic (exact) mass is 241 g/mol. The van der Waals surface area contributed by atoms with E-state index in [4.69, 9.17) is 5.11 Å². The van der Waals surface area contributed by atoms with Gasteiger partial charge in [0.05, 0.1) is 12.1 Å². The molecule has 5 nitrogen and oxygen atoms in total. The molecule has 3 N–H and O–H groups in total. The number of amides is 1. The topological polar surface area (TPSA) is 86.6 Å². The molecule has 2 atom stereocenters. The lowest BCUT2D eigenvalue weighted by Crippen LogP contribution is -2.47. The Morgan fingerprint density at radius 2 is 1.76 bits per heavy atom. The van der Waals surface area contributed by atoms with Gasteiger partial charge in [-0.25, -0.2) is 0 Å². The second-order valence-electron chi connectivity index (χ2n) is 5.17. The first-order chi connectivity index (χ1) is 8.06. The van der Waals surface area contributed by atoms with Crippen LogP contribution < -0.4 is 5.32 Å². The van der Waals surface area contributed by atoms with E-state index in [1.165, 1.54) is 0 Å². The minimum atomic E-state index is -1.20. The highest BCUT2D eigenvalue weighted by atomic mass is 16.4. The van der Waals surface area contributed by atoms with Crippen LogP contribution in [0.2, 0.25) is 0 Å². The number of aliphatic hydroxyl groups excluding tert-OH is 1. The lowest BCUT2D eigenvalue weighted by molar-refractivity contribution is -0.149. The van der Waals surface area contributed by atoms with Crippen LogP contribution in [0.1, 0.15) is 44.9 Å². The third-order valence-electron chi connectivity index (χ3n) is 3.89. The van der Waals surface area contributed by atoms with Crippen molar-refractivity contribution in [1.29, 1.82) is 0 Å². The number of carboxylic acids is 1. The Kier molecular flexibility index (Phi) is 3.38. The highest BCUT2D eigenvalue weighted by molar-refractivity contribution is 6.04. The van der Waals surface area contributed by atoms with E-state index in [1.54, 1.807) is 0 Å². The first-order valence-corrected chi connectivity index (χ1v) is 6.29. The molecule has 96 valence electrons. The maximum atomic E-state index is 11.9. The first kappa shape index (κ1) is 12.4. The van der Waals surface area contributed by atoms with Gasteiger partial charge in [-0.3, -0.25) is 9.59 Å². The van der Waals surface area contributed by atoms with Crippen LogP contribution in [0.5, 0.6) is 0 Å². The van der Waals surface area contributed by atoms with Gasteiger partial charge in [-0.1, -0.05) is 19.3 Å². The molecule has 2 aliphatic carbocycles. The molecule has 0 saturated heterocycles. The van der Waals surface area contributed by atoms with E-state index in [1.807, 2.05) is 0 Å². The summed E-state index contributed by atoms with van der Waals surface area (Å²) in [6.07, 6.45) is 4.72. The van der Waals surface area contributed by atoms with Gasteiger partial charge in [0.15, 0.2) is 0 Å². The van der Waals surface area contributed by atoms with E-state index in [2.05, 4.69) is 5.32 Å². The van der Waals surface area contributed by atoms with E-state index in [9.17, 15) is 14.7 Å². The smallest absolute Gasteiger partial charge is 0.319 e. The third-order valence-corrected chi connectivity index (χ3v) is 3.89. The van der Waals surface area contributed by atoms with Gasteiger partial charge in [0.1, 0.15) is 5.41 Å². The zero-order chi connectivity index (χ0) is 12.5. The van der Waals surface area contributed by atoms with Crippen molar-refractivity contribution in [2.75, 3.05) is 0 Å². The quantitative estimate of drug-likeness (QED) is 0.500. The highest BCUT2D eigenvalue weighted by Crippen LogP contribution is 2.46. The van der Waals surface area contributed by atoms with Gasteiger partial charge < -0.3 is 15.5 Å². The van der Waals surface area contributed by atoms with E-state index in [-0.39, 0.29) is 6.04 Å². The van der Waals surface area contributed by atoms with Gasteiger partial charge in [0, 0.05) is 0 Å². The van der Waals surface area contributed by atoms with E-state index in [0.29, 0.717) is 19.3 Å². The molecule has 2 saturated carbocycles. The van der Waals surface area contributed by atoms with Crippen molar-refractivity contribution in [2.24, 2.45) is 5.41 Å². The summed E-state index contributed by atoms with van der Waals surface area (Å²) in [7, 11) is 0. The van der Waals surface area contributed by atoms with Gasteiger partial charge in [0.25, 0.3) is 0 Å². The first-order valence-electron chi connectivity index (χ1n) is 6.29. The van der Waals surface area contributed by atoms with Gasteiger partial charge in [-0.15, -0.1) is 0 Å². The number of carbonyl (C=O) groups is 2. The van der Waals surface area contributed by atoms with Crippen molar-refractivity contribution in [1.82, 2.24) is 5.32 Å². The molecule has 2 fully saturated rings. The summed E-state index contributed by atoms with van der Waals surface area (Å²) in [5, 5.41) is 21.6. The Balaban J connectivity index is 1.95. The summed E-state index contributed by atoms with van der Waals surface area (Å²) in [6, 6.07) is -0.276. The minimum absolute atomic E-state index is 0.276. The average Bonchev–Trinajstić information content (AvgIpc) is 3.06. The van der Waals surface area contributed by atoms with Crippen molar-refractivity contribution in [3.05, 3.63) is 0 Å². The van der Waals surface area contributed by atoms with Gasteiger partial charge in [-0.05, 0) is 25.7 Å². The second kappa shape index (κ2) is 4.64. The Hall–Kier alpha value is -1.10.